The van der Waals surface area contributed by atoms with E-state index in [1.54, 1.807) is 0 Å². The zero-order valence-electron chi connectivity index (χ0n) is 13.6. The van der Waals surface area contributed by atoms with E-state index in [0.29, 0.717) is 18.2 Å². The highest BCUT2D eigenvalue weighted by atomic mass is 32.1. The second kappa shape index (κ2) is 8.81. The Morgan fingerprint density at radius 3 is 2.96 bits per heavy atom. The number of nitrogens with two attached hydrogens (primary N) is 1. The van der Waals surface area contributed by atoms with E-state index < -0.39 is 0 Å². The molecule has 1 aliphatic heterocycles. The summed E-state index contributed by atoms with van der Waals surface area (Å²) >= 11 is 1.11. The summed E-state index contributed by atoms with van der Waals surface area (Å²) in [5.41, 5.74) is 6.94. The molecule has 2 aromatic rings. The largest absolute Gasteiger partial charge is 0.494 e. The molecular formula is C16H23N5O2S. The Balaban J connectivity index is 1.39. The van der Waals surface area contributed by atoms with Crippen LogP contribution in [0.5, 0.6) is 5.75 Å². The minimum absolute atomic E-state index is 0.455. The Morgan fingerprint density at radius 1 is 1.29 bits per heavy atom. The lowest BCUT2D eigenvalue weighted by molar-refractivity contribution is 0.0341. The van der Waals surface area contributed by atoms with Crippen LogP contribution in [0.1, 0.15) is 12.0 Å². The van der Waals surface area contributed by atoms with Gasteiger partial charge < -0.3 is 20.5 Å². The zero-order chi connectivity index (χ0) is 16.6. The van der Waals surface area contributed by atoms with E-state index in [0.717, 1.165) is 63.3 Å². The van der Waals surface area contributed by atoms with Gasteiger partial charge in [-0.25, -0.2) is 0 Å². The lowest BCUT2D eigenvalue weighted by Gasteiger charge is -2.26. The summed E-state index contributed by atoms with van der Waals surface area (Å²) in [6, 6.07) is 8.30. The summed E-state index contributed by atoms with van der Waals surface area (Å²) < 4.78 is 19.2. The molecule has 0 spiro atoms. The number of aromatic nitrogens is 2. The molecule has 1 aromatic carbocycles. The fraction of sp³-hybridized carbons (Fsp3) is 0.500. The maximum absolute atomic E-state index is 5.84. The molecule has 1 fully saturated rings. The van der Waals surface area contributed by atoms with E-state index in [1.807, 2.05) is 12.1 Å². The Bertz CT molecular complexity index is 630. The SMILES string of the molecule is Nc1nsnc1NCCCOc1cccc(CN2CCOCC2)c1. The fourth-order valence-electron chi connectivity index (χ4n) is 2.54. The molecule has 3 rings (SSSR count). The van der Waals surface area contributed by atoms with Crippen molar-refractivity contribution >= 4 is 23.4 Å². The third kappa shape index (κ3) is 5.05. The van der Waals surface area contributed by atoms with Crippen LogP contribution in [-0.2, 0) is 11.3 Å². The lowest BCUT2D eigenvalue weighted by Crippen LogP contribution is -2.35. The van der Waals surface area contributed by atoms with Gasteiger partial charge >= 0.3 is 0 Å². The number of rotatable bonds is 8. The van der Waals surface area contributed by atoms with Crippen molar-refractivity contribution in [2.24, 2.45) is 0 Å². The maximum Gasteiger partial charge on any atom is 0.184 e. The van der Waals surface area contributed by atoms with Crippen molar-refractivity contribution < 1.29 is 9.47 Å². The molecule has 2 heterocycles. The summed E-state index contributed by atoms with van der Waals surface area (Å²) in [7, 11) is 0. The number of benzene rings is 1. The van der Waals surface area contributed by atoms with Gasteiger partial charge in [-0.15, -0.1) is 0 Å². The van der Waals surface area contributed by atoms with Crippen LogP contribution >= 0.6 is 11.7 Å². The first kappa shape index (κ1) is 16.9. The molecule has 24 heavy (non-hydrogen) atoms. The van der Waals surface area contributed by atoms with E-state index >= 15 is 0 Å². The van der Waals surface area contributed by atoms with Crippen LogP contribution in [0.25, 0.3) is 0 Å². The zero-order valence-corrected chi connectivity index (χ0v) is 14.4. The van der Waals surface area contributed by atoms with Crippen molar-refractivity contribution in [3.8, 4) is 5.75 Å². The molecular weight excluding hydrogens is 326 g/mol. The maximum atomic E-state index is 5.84. The summed E-state index contributed by atoms with van der Waals surface area (Å²) in [4.78, 5) is 2.40. The van der Waals surface area contributed by atoms with Crippen molar-refractivity contribution in [1.82, 2.24) is 13.6 Å². The number of hydrogen-bond donors (Lipinski definition) is 2. The quantitative estimate of drug-likeness (QED) is 0.703. The summed E-state index contributed by atoms with van der Waals surface area (Å²) in [5, 5.41) is 3.16. The van der Waals surface area contributed by atoms with Gasteiger partial charge in [-0.3, -0.25) is 4.90 Å². The minimum atomic E-state index is 0.455. The standard InChI is InChI=1S/C16H23N5O2S/c17-15-16(20-24-19-15)18-5-2-8-23-14-4-1-3-13(11-14)12-21-6-9-22-10-7-21/h1,3-4,11H,2,5-10,12H2,(H2,17,19)(H,18,20). The molecule has 0 unspecified atom stereocenters. The number of hydrogen-bond acceptors (Lipinski definition) is 8. The number of nitrogens with one attached hydrogen (secondary N) is 1. The molecule has 0 aliphatic carbocycles. The molecule has 130 valence electrons. The second-order valence-corrected chi connectivity index (χ2v) is 6.19. The lowest BCUT2D eigenvalue weighted by atomic mass is 10.2. The van der Waals surface area contributed by atoms with Gasteiger partial charge in [0.1, 0.15) is 5.75 Å². The van der Waals surface area contributed by atoms with Gasteiger partial charge in [0, 0.05) is 26.2 Å². The summed E-state index contributed by atoms with van der Waals surface area (Å²) in [6.07, 6.45) is 0.866. The number of nitrogens with zero attached hydrogens (tertiary/aromatic N) is 3. The van der Waals surface area contributed by atoms with E-state index in [2.05, 4.69) is 31.1 Å². The highest BCUT2D eigenvalue weighted by molar-refractivity contribution is 6.99. The number of nitrogen functional groups attached to an aromatic ring is 1. The third-order valence-corrected chi connectivity index (χ3v) is 4.35. The highest BCUT2D eigenvalue weighted by Crippen LogP contribution is 2.16. The Morgan fingerprint density at radius 2 is 2.17 bits per heavy atom. The van der Waals surface area contributed by atoms with Crippen molar-refractivity contribution in [3.63, 3.8) is 0 Å². The fourth-order valence-corrected chi connectivity index (χ4v) is 2.99. The van der Waals surface area contributed by atoms with Crippen LogP contribution in [0.15, 0.2) is 24.3 Å². The molecule has 0 bridgehead atoms. The van der Waals surface area contributed by atoms with Gasteiger partial charge in [-0.1, -0.05) is 12.1 Å². The number of ether oxygens (including phenoxy) is 2. The summed E-state index contributed by atoms with van der Waals surface area (Å²) in [6.45, 7) is 5.97. The predicted molar refractivity (Wildman–Crippen MR) is 95.5 cm³/mol. The molecule has 0 amide bonds. The monoisotopic (exact) mass is 349 g/mol. The van der Waals surface area contributed by atoms with Crippen LogP contribution in [-0.4, -0.2) is 53.1 Å². The normalized spacial score (nSPS) is 15.3. The van der Waals surface area contributed by atoms with Gasteiger partial charge in [0.05, 0.1) is 31.5 Å². The molecule has 7 nitrogen and oxygen atoms in total. The highest BCUT2D eigenvalue weighted by Gasteiger charge is 2.10. The van der Waals surface area contributed by atoms with E-state index in [4.69, 9.17) is 15.2 Å². The topological polar surface area (TPSA) is 85.5 Å². The molecule has 3 N–H and O–H groups in total. The van der Waals surface area contributed by atoms with Gasteiger partial charge in [0.15, 0.2) is 11.6 Å². The smallest absolute Gasteiger partial charge is 0.184 e. The first-order valence-electron chi connectivity index (χ1n) is 8.15. The molecule has 0 atom stereocenters. The average Bonchev–Trinajstić information content (AvgIpc) is 3.01. The van der Waals surface area contributed by atoms with Crippen molar-refractivity contribution in [2.75, 3.05) is 50.5 Å². The van der Waals surface area contributed by atoms with Crippen molar-refractivity contribution in [1.29, 1.82) is 0 Å². The van der Waals surface area contributed by atoms with E-state index in [9.17, 15) is 0 Å². The van der Waals surface area contributed by atoms with E-state index in [1.165, 1.54) is 5.56 Å². The average molecular weight is 349 g/mol. The second-order valence-electron chi connectivity index (χ2n) is 5.66. The molecule has 1 aliphatic rings. The minimum Gasteiger partial charge on any atom is -0.494 e. The Hall–Kier alpha value is -1.90. The summed E-state index contributed by atoms with van der Waals surface area (Å²) in [5.74, 6) is 2.03. The van der Waals surface area contributed by atoms with Crippen LogP contribution in [0, 0.1) is 0 Å². The Kier molecular flexibility index (Phi) is 6.22. The van der Waals surface area contributed by atoms with Crippen LogP contribution < -0.4 is 15.8 Å². The van der Waals surface area contributed by atoms with Crippen LogP contribution in [0.4, 0.5) is 11.6 Å². The van der Waals surface area contributed by atoms with E-state index in [-0.39, 0.29) is 0 Å². The van der Waals surface area contributed by atoms with Crippen molar-refractivity contribution in [3.05, 3.63) is 29.8 Å². The van der Waals surface area contributed by atoms with Gasteiger partial charge in [-0.05, 0) is 24.1 Å². The molecule has 8 heteroatoms. The third-order valence-electron chi connectivity index (χ3n) is 3.80. The first-order chi connectivity index (χ1) is 11.8. The van der Waals surface area contributed by atoms with Crippen molar-refractivity contribution in [2.45, 2.75) is 13.0 Å². The molecule has 1 aromatic heterocycles. The van der Waals surface area contributed by atoms with Gasteiger partial charge in [0.2, 0.25) is 0 Å². The molecule has 0 saturated carbocycles. The number of anilines is 2. The van der Waals surface area contributed by atoms with Crippen LogP contribution in [0.2, 0.25) is 0 Å². The van der Waals surface area contributed by atoms with Gasteiger partial charge in [0.25, 0.3) is 0 Å². The predicted octanol–water partition coefficient (Wildman–Crippen LogP) is 1.83. The first-order valence-corrected chi connectivity index (χ1v) is 8.88. The molecule has 1 saturated heterocycles. The van der Waals surface area contributed by atoms with Crippen LogP contribution in [0.3, 0.4) is 0 Å². The Labute approximate surface area is 146 Å². The van der Waals surface area contributed by atoms with Gasteiger partial charge in [-0.2, -0.15) is 8.75 Å². The molecule has 0 radical (unpaired) electrons. The number of morpholine rings is 1.